The number of thiazole rings is 2. The van der Waals surface area contributed by atoms with Gasteiger partial charge in [0.2, 0.25) is 0 Å². The maximum atomic E-state index is 12.5. The zero-order chi connectivity index (χ0) is 27.8. The van der Waals surface area contributed by atoms with Crippen LogP contribution in [0, 0.1) is 0 Å². The molecule has 4 rings (SSSR count). The third kappa shape index (κ3) is 6.29. The predicted molar refractivity (Wildman–Crippen MR) is 154 cm³/mol. The molecule has 0 aliphatic carbocycles. The number of hydrogen-bond acceptors (Lipinski definition) is 10. The van der Waals surface area contributed by atoms with Crippen LogP contribution in [0.1, 0.15) is 39.6 Å². The van der Waals surface area contributed by atoms with Crippen molar-refractivity contribution in [3.63, 3.8) is 0 Å². The van der Waals surface area contributed by atoms with Gasteiger partial charge in [0.25, 0.3) is 0 Å². The van der Waals surface area contributed by atoms with Gasteiger partial charge in [0.15, 0.2) is 19.4 Å². The number of ether oxygens (including phenoxy) is 2. The normalized spacial score (nSPS) is 12.1. The van der Waals surface area contributed by atoms with Gasteiger partial charge in [-0.2, -0.15) is 0 Å². The fourth-order valence-corrected chi connectivity index (χ4v) is 5.70. The molecule has 0 fully saturated rings. The molecule has 0 aliphatic rings. The van der Waals surface area contributed by atoms with E-state index in [0.717, 1.165) is 11.4 Å². The molecule has 39 heavy (non-hydrogen) atoms. The topological polar surface area (TPSA) is 139 Å². The van der Waals surface area contributed by atoms with E-state index in [1.165, 1.54) is 22.7 Å². The van der Waals surface area contributed by atoms with Crippen LogP contribution in [0.3, 0.4) is 0 Å². The SMILES string of the molecule is CCOC(=O)c1sc(=NCCCN=c2sc(C(=O)OCC)c(N)n2-c2ccccc2)n(-c2ccccc2)c1N. The first kappa shape index (κ1) is 27.9. The number of carbonyl (C=O) groups excluding carboxylic acids is 2. The fourth-order valence-electron chi connectivity index (χ4n) is 3.75. The minimum Gasteiger partial charge on any atom is -0.462 e. The number of aromatic nitrogens is 2. The summed E-state index contributed by atoms with van der Waals surface area (Å²) >= 11 is 2.38. The Morgan fingerprint density at radius 1 is 0.718 bits per heavy atom. The first-order valence-corrected chi connectivity index (χ1v) is 14.1. The molecule has 2 aromatic carbocycles. The van der Waals surface area contributed by atoms with Crippen molar-refractivity contribution in [1.82, 2.24) is 9.13 Å². The zero-order valence-electron chi connectivity index (χ0n) is 21.7. The number of nitrogens with zero attached hydrogens (tertiary/aromatic N) is 4. The summed E-state index contributed by atoms with van der Waals surface area (Å²) in [5.74, 6) is -0.367. The van der Waals surface area contributed by atoms with Crippen LogP contribution >= 0.6 is 22.7 Å². The van der Waals surface area contributed by atoms with Gasteiger partial charge in [0.05, 0.1) is 13.2 Å². The smallest absolute Gasteiger partial charge is 0.352 e. The predicted octanol–water partition coefficient (Wildman–Crippen LogP) is 3.80. The molecule has 0 spiro atoms. The second kappa shape index (κ2) is 13.1. The second-order valence-corrected chi connectivity index (χ2v) is 10.1. The van der Waals surface area contributed by atoms with Crippen LogP contribution in [0.25, 0.3) is 11.4 Å². The van der Waals surface area contributed by atoms with Crippen molar-refractivity contribution in [2.75, 3.05) is 37.8 Å². The number of anilines is 2. The zero-order valence-corrected chi connectivity index (χ0v) is 23.3. The van der Waals surface area contributed by atoms with Gasteiger partial charge in [0, 0.05) is 24.5 Å². The summed E-state index contributed by atoms with van der Waals surface area (Å²) in [6.07, 6.45) is 0.614. The molecule has 0 unspecified atom stereocenters. The lowest BCUT2D eigenvalue weighted by Gasteiger charge is -2.06. The number of para-hydroxylation sites is 2. The van der Waals surface area contributed by atoms with Gasteiger partial charge in [-0.15, -0.1) is 0 Å². The summed E-state index contributed by atoms with van der Waals surface area (Å²) < 4.78 is 13.9. The first-order chi connectivity index (χ1) is 19.0. The van der Waals surface area contributed by atoms with Crippen LogP contribution in [0.15, 0.2) is 70.6 Å². The monoisotopic (exact) mass is 566 g/mol. The highest BCUT2D eigenvalue weighted by atomic mass is 32.1. The van der Waals surface area contributed by atoms with Crippen LogP contribution in [-0.2, 0) is 9.47 Å². The lowest BCUT2D eigenvalue weighted by Crippen LogP contribution is -2.17. The van der Waals surface area contributed by atoms with Crippen molar-refractivity contribution in [2.24, 2.45) is 9.98 Å². The minimum absolute atomic E-state index is 0.254. The van der Waals surface area contributed by atoms with Gasteiger partial charge >= 0.3 is 11.9 Å². The molecule has 0 radical (unpaired) electrons. The summed E-state index contributed by atoms with van der Waals surface area (Å²) in [7, 11) is 0. The molecule has 0 atom stereocenters. The summed E-state index contributed by atoms with van der Waals surface area (Å²) in [5.41, 5.74) is 14.3. The molecule has 0 saturated heterocycles. The van der Waals surface area contributed by atoms with E-state index in [9.17, 15) is 9.59 Å². The van der Waals surface area contributed by atoms with Crippen molar-refractivity contribution in [1.29, 1.82) is 0 Å². The summed E-state index contributed by atoms with van der Waals surface area (Å²) in [4.78, 5) is 36.2. The Morgan fingerprint density at radius 3 is 1.46 bits per heavy atom. The van der Waals surface area contributed by atoms with E-state index in [2.05, 4.69) is 0 Å². The Bertz CT molecular complexity index is 1450. The van der Waals surface area contributed by atoms with Crippen LogP contribution in [0.4, 0.5) is 11.6 Å². The van der Waals surface area contributed by atoms with E-state index in [4.69, 9.17) is 30.9 Å². The molecule has 2 aromatic heterocycles. The van der Waals surface area contributed by atoms with Crippen molar-refractivity contribution >= 4 is 46.2 Å². The molecule has 12 heteroatoms. The molecule has 4 aromatic rings. The van der Waals surface area contributed by atoms with Crippen molar-refractivity contribution in [3.05, 3.63) is 80.0 Å². The number of nitrogen functional groups attached to an aromatic ring is 2. The molecule has 0 amide bonds. The van der Waals surface area contributed by atoms with Gasteiger partial charge in [0.1, 0.15) is 11.6 Å². The third-order valence-corrected chi connectivity index (χ3v) is 7.63. The molecule has 2 heterocycles. The largest absolute Gasteiger partial charge is 0.462 e. The van der Waals surface area contributed by atoms with Crippen LogP contribution < -0.4 is 21.1 Å². The molecule has 0 bridgehead atoms. The van der Waals surface area contributed by atoms with Crippen molar-refractivity contribution in [2.45, 2.75) is 20.3 Å². The van der Waals surface area contributed by atoms with Crippen molar-refractivity contribution in [3.8, 4) is 11.4 Å². The Labute approximate surface area is 233 Å². The number of benzene rings is 2. The lowest BCUT2D eigenvalue weighted by atomic mass is 10.3. The average molecular weight is 567 g/mol. The highest BCUT2D eigenvalue weighted by Gasteiger charge is 2.21. The second-order valence-electron chi connectivity index (χ2n) is 8.10. The van der Waals surface area contributed by atoms with Gasteiger partial charge in [-0.1, -0.05) is 59.1 Å². The van der Waals surface area contributed by atoms with Crippen LogP contribution in [0.5, 0.6) is 0 Å². The lowest BCUT2D eigenvalue weighted by molar-refractivity contribution is 0.0523. The van der Waals surface area contributed by atoms with Gasteiger partial charge in [-0.25, -0.2) is 9.59 Å². The van der Waals surface area contributed by atoms with Crippen LogP contribution in [-0.4, -0.2) is 47.4 Å². The van der Waals surface area contributed by atoms with E-state index in [-0.39, 0.29) is 24.8 Å². The Balaban J connectivity index is 1.62. The maximum Gasteiger partial charge on any atom is 0.352 e. The molecule has 4 N–H and O–H groups in total. The van der Waals surface area contributed by atoms with Crippen LogP contribution in [0.2, 0.25) is 0 Å². The third-order valence-electron chi connectivity index (χ3n) is 5.48. The maximum absolute atomic E-state index is 12.5. The Hall–Kier alpha value is -4.16. The molecular formula is C27H30N6O4S2. The van der Waals surface area contributed by atoms with E-state index in [0.29, 0.717) is 38.9 Å². The molecule has 10 nitrogen and oxygen atoms in total. The van der Waals surface area contributed by atoms with E-state index in [1.54, 1.807) is 23.0 Å². The summed E-state index contributed by atoms with van der Waals surface area (Å²) in [5, 5.41) is 0. The quantitative estimate of drug-likeness (QED) is 0.221. The number of hydrogen-bond donors (Lipinski definition) is 2. The fraction of sp³-hybridized carbons (Fsp3) is 0.259. The van der Waals surface area contributed by atoms with E-state index >= 15 is 0 Å². The standard InChI is InChI=1S/C27H30N6O4S2/c1-3-36-24(34)20-22(28)32(18-12-7-5-8-13-18)26(38-20)30-16-11-17-31-27-33(19-14-9-6-10-15-19)23(29)21(39-27)25(35)37-4-2/h5-10,12-15H,3-4,11,16-17,28-29H2,1-2H3. The highest BCUT2D eigenvalue weighted by Crippen LogP contribution is 2.22. The molecular weight excluding hydrogens is 536 g/mol. The van der Waals surface area contributed by atoms with E-state index < -0.39 is 11.9 Å². The van der Waals surface area contributed by atoms with Gasteiger partial charge in [-0.3, -0.25) is 19.1 Å². The van der Waals surface area contributed by atoms with Gasteiger partial charge in [-0.05, 0) is 44.5 Å². The number of rotatable bonds is 10. The summed E-state index contributed by atoms with van der Waals surface area (Å²) in [6, 6.07) is 19.0. The van der Waals surface area contributed by atoms with Crippen molar-refractivity contribution < 1.29 is 19.1 Å². The number of esters is 2. The number of nitrogens with two attached hydrogens (primary N) is 2. The minimum atomic E-state index is -0.473. The highest BCUT2D eigenvalue weighted by molar-refractivity contribution is 7.12. The molecule has 0 saturated carbocycles. The Kier molecular flexibility index (Phi) is 9.34. The van der Waals surface area contributed by atoms with Gasteiger partial charge < -0.3 is 20.9 Å². The number of carbonyl (C=O) groups is 2. The summed E-state index contributed by atoms with van der Waals surface area (Å²) in [6.45, 7) is 4.89. The first-order valence-electron chi connectivity index (χ1n) is 12.4. The average Bonchev–Trinajstić information content (AvgIpc) is 3.45. The molecule has 0 aliphatic heterocycles. The molecule has 204 valence electrons. The van der Waals surface area contributed by atoms with E-state index in [1.807, 2.05) is 60.7 Å². The Morgan fingerprint density at radius 2 is 1.10 bits per heavy atom.